The Kier molecular flexibility index (Phi) is 3.34. The monoisotopic (exact) mass is 269 g/mol. The van der Waals surface area contributed by atoms with E-state index in [1.54, 1.807) is 11.1 Å². The fourth-order valence-corrected chi connectivity index (χ4v) is 4.84. The van der Waals surface area contributed by atoms with Crippen LogP contribution in [-0.4, -0.2) is 12.6 Å². The van der Waals surface area contributed by atoms with Gasteiger partial charge in [-0.2, -0.15) is 0 Å². The van der Waals surface area contributed by atoms with Gasteiger partial charge in [0.05, 0.1) is 0 Å². The molecule has 1 nitrogen and oxygen atoms in total. The van der Waals surface area contributed by atoms with Gasteiger partial charge in [0.1, 0.15) is 0 Å². The molecule has 0 heterocycles. The lowest BCUT2D eigenvalue weighted by Gasteiger charge is -2.35. The molecule has 108 valence electrons. The van der Waals surface area contributed by atoms with E-state index in [-0.39, 0.29) is 0 Å². The average molecular weight is 269 g/mol. The molecule has 4 atom stereocenters. The van der Waals surface area contributed by atoms with E-state index in [9.17, 15) is 0 Å². The summed E-state index contributed by atoms with van der Waals surface area (Å²) in [6.45, 7) is 3.50. The van der Waals surface area contributed by atoms with Crippen LogP contribution in [0.25, 0.3) is 0 Å². The molecular formula is C19H27N. The summed E-state index contributed by atoms with van der Waals surface area (Å²) in [6, 6.07) is 10.0. The van der Waals surface area contributed by atoms with Crippen LogP contribution in [0.3, 0.4) is 0 Å². The maximum atomic E-state index is 3.92. The molecule has 0 aliphatic heterocycles. The molecule has 4 unspecified atom stereocenters. The van der Waals surface area contributed by atoms with Gasteiger partial charge in [-0.15, -0.1) is 0 Å². The van der Waals surface area contributed by atoms with Gasteiger partial charge >= 0.3 is 0 Å². The van der Waals surface area contributed by atoms with Crippen LogP contribution in [0.2, 0.25) is 0 Å². The van der Waals surface area contributed by atoms with Gasteiger partial charge in [-0.25, -0.2) is 0 Å². The van der Waals surface area contributed by atoms with E-state index in [2.05, 4.69) is 36.5 Å². The summed E-state index contributed by atoms with van der Waals surface area (Å²) in [5, 5.41) is 3.92. The maximum Gasteiger partial charge on any atom is 0.0132 e. The topological polar surface area (TPSA) is 12.0 Å². The summed E-state index contributed by atoms with van der Waals surface area (Å²) in [4.78, 5) is 0. The minimum absolute atomic E-state index is 0.810. The van der Waals surface area contributed by atoms with Gasteiger partial charge in [0.2, 0.25) is 0 Å². The summed E-state index contributed by atoms with van der Waals surface area (Å²) in [6.07, 6.45) is 8.43. The van der Waals surface area contributed by atoms with E-state index in [1.165, 1.54) is 45.1 Å². The first-order chi connectivity index (χ1) is 9.90. The van der Waals surface area contributed by atoms with E-state index in [1.807, 2.05) is 0 Å². The van der Waals surface area contributed by atoms with Gasteiger partial charge in [-0.3, -0.25) is 0 Å². The van der Waals surface area contributed by atoms with Crippen molar-refractivity contribution >= 4 is 0 Å². The first-order valence-corrected chi connectivity index (χ1v) is 8.71. The van der Waals surface area contributed by atoms with Crippen molar-refractivity contribution in [1.82, 2.24) is 5.32 Å². The second-order valence-electron chi connectivity index (χ2n) is 7.18. The average Bonchev–Trinajstić information content (AvgIpc) is 3.16. The van der Waals surface area contributed by atoms with Crippen molar-refractivity contribution in [2.24, 2.45) is 17.8 Å². The zero-order valence-corrected chi connectivity index (χ0v) is 12.6. The van der Waals surface area contributed by atoms with Gasteiger partial charge in [0, 0.05) is 6.04 Å². The molecule has 20 heavy (non-hydrogen) atoms. The van der Waals surface area contributed by atoms with Crippen LogP contribution in [0.15, 0.2) is 24.3 Å². The van der Waals surface area contributed by atoms with Crippen molar-refractivity contribution < 1.29 is 0 Å². The molecule has 1 N–H and O–H groups in total. The van der Waals surface area contributed by atoms with Crippen molar-refractivity contribution in [3.8, 4) is 0 Å². The highest BCUT2D eigenvalue weighted by Gasteiger charge is 2.57. The predicted molar refractivity (Wildman–Crippen MR) is 83.9 cm³/mol. The SMILES string of the molecule is CCCNC(C1CCC1)C1C2CCc3ccccc3C21. The van der Waals surface area contributed by atoms with Crippen LogP contribution in [0, 0.1) is 17.8 Å². The zero-order valence-electron chi connectivity index (χ0n) is 12.6. The zero-order chi connectivity index (χ0) is 13.5. The van der Waals surface area contributed by atoms with Crippen molar-refractivity contribution in [1.29, 1.82) is 0 Å². The molecule has 0 radical (unpaired) electrons. The molecule has 0 amide bonds. The van der Waals surface area contributed by atoms with E-state index < -0.39 is 0 Å². The second kappa shape index (κ2) is 5.18. The highest BCUT2D eigenvalue weighted by Crippen LogP contribution is 2.63. The van der Waals surface area contributed by atoms with Crippen LogP contribution < -0.4 is 5.32 Å². The maximum absolute atomic E-state index is 3.92. The lowest BCUT2D eigenvalue weighted by molar-refractivity contribution is 0.203. The third-order valence-corrected chi connectivity index (χ3v) is 6.09. The van der Waals surface area contributed by atoms with Crippen molar-refractivity contribution in [2.75, 3.05) is 6.54 Å². The van der Waals surface area contributed by atoms with Crippen LogP contribution in [-0.2, 0) is 6.42 Å². The number of hydrogen-bond donors (Lipinski definition) is 1. The van der Waals surface area contributed by atoms with Crippen LogP contribution in [0.1, 0.15) is 56.1 Å². The molecule has 1 heteroatoms. The summed E-state index contributed by atoms with van der Waals surface area (Å²) >= 11 is 0. The molecule has 1 aromatic rings. The summed E-state index contributed by atoms with van der Waals surface area (Å²) in [5.74, 6) is 3.79. The third kappa shape index (κ3) is 2.02. The second-order valence-corrected chi connectivity index (χ2v) is 7.18. The number of rotatable bonds is 5. The number of hydrogen-bond acceptors (Lipinski definition) is 1. The minimum atomic E-state index is 0.810. The predicted octanol–water partition coefficient (Wildman–Crippen LogP) is 4.13. The Balaban J connectivity index is 1.54. The van der Waals surface area contributed by atoms with E-state index in [0.717, 1.165) is 29.7 Å². The summed E-state index contributed by atoms with van der Waals surface area (Å²) in [5.41, 5.74) is 3.33. The number of aryl methyl sites for hydroxylation is 1. The first-order valence-electron chi connectivity index (χ1n) is 8.71. The van der Waals surface area contributed by atoms with Crippen LogP contribution in [0.5, 0.6) is 0 Å². The van der Waals surface area contributed by atoms with Gasteiger partial charge < -0.3 is 5.32 Å². The number of nitrogens with one attached hydrogen (secondary N) is 1. The molecule has 0 saturated heterocycles. The Morgan fingerprint density at radius 3 is 2.80 bits per heavy atom. The lowest BCUT2D eigenvalue weighted by Crippen LogP contribution is -2.42. The molecule has 2 saturated carbocycles. The number of benzene rings is 1. The molecule has 3 aliphatic rings. The molecule has 3 aliphatic carbocycles. The smallest absolute Gasteiger partial charge is 0.0132 e. The van der Waals surface area contributed by atoms with Gasteiger partial charge in [-0.1, -0.05) is 37.6 Å². The van der Waals surface area contributed by atoms with Gasteiger partial charge in [0.25, 0.3) is 0 Å². The summed E-state index contributed by atoms with van der Waals surface area (Å²) < 4.78 is 0. The lowest BCUT2D eigenvalue weighted by atomic mass is 9.77. The largest absolute Gasteiger partial charge is 0.313 e. The molecule has 0 bridgehead atoms. The summed E-state index contributed by atoms with van der Waals surface area (Å²) in [7, 11) is 0. The Labute approximate surface area is 123 Å². The minimum Gasteiger partial charge on any atom is -0.313 e. The van der Waals surface area contributed by atoms with Crippen molar-refractivity contribution in [3.05, 3.63) is 35.4 Å². The highest BCUT2D eigenvalue weighted by molar-refractivity contribution is 5.40. The molecular weight excluding hydrogens is 242 g/mol. The fourth-order valence-electron chi connectivity index (χ4n) is 4.84. The van der Waals surface area contributed by atoms with Crippen molar-refractivity contribution in [3.63, 3.8) is 0 Å². The highest BCUT2D eigenvalue weighted by atomic mass is 15.0. The van der Waals surface area contributed by atoms with E-state index in [0.29, 0.717) is 0 Å². The van der Waals surface area contributed by atoms with Crippen LogP contribution in [0.4, 0.5) is 0 Å². The Bertz CT molecular complexity index is 476. The standard InChI is InChI=1S/C19H27N/c1-2-12-20-19(14-7-5-8-14)18-16-11-10-13-6-3-4-9-15(13)17(16)18/h3-4,6,9,14,16-20H,2,5,7-8,10-12H2,1H3. The molecule has 0 spiro atoms. The Hall–Kier alpha value is -0.820. The molecule has 2 fully saturated rings. The van der Waals surface area contributed by atoms with Gasteiger partial charge in [-0.05, 0) is 73.4 Å². The first kappa shape index (κ1) is 12.9. The normalized spacial score (nSPS) is 33.0. The van der Waals surface area contributed by atoms with Gasteiger partial charge in [0.15, 0.2) is 0 Å². The molecule has 4 rings (SSSR count). The molecule has 0 aromatic heterocycles. The fraction of sp³-hybridized carbons (Fsp3) is 0.684. The molecule has 1 aromatic carbocycles. The van der Waals surface area contributed by atoms with Crippen molar-refractivity contribution in [2.45, 2.75) is 57.4 Å². The third-order valence-electron chi connectivity index (χ3n) is 6.09. The van der Waals surface area contributed by atoms with Crippen LogP contribution >= 0.6 is 0 Å². The number of fused-ring (bicyclic) bond motifs is 3. The Morgan fingerprint density at radius 1 is 1.20 bits per heavy atom. The quantitative estimate of drug-likeness (QED) is 0.847. The van der Waals surface area contributed by atoms with E-state index >= 15 is 0 Å². The van der Waals surface area contributed by atoms with E-state index in [4.69, 9.17) is 0 Å². The Morgan fingerprint density at radius 2 is 2.05 bits per heavy atom.